The lowest BCUT2D eigenvalue weighted by molar-refractivity contribution is 1.43. The van der Waals surface area contributed by atoms with E-state index in [0.29, 0.717) is 5.70 Å². The van der Waals surface area contributed by atoms with E-state index < -0.39 is 0 Å². The Bertz CT molecular complexity index is 143. The van der Waals surface area contributed by atoms with Crippen molar-refractivity contribution in [2.45, 2.75) is 13.8 Å². The zero-order valence-corrected chi connectivity index (χ0v) is 5.83. The van der Waals surface area contributed by atoms with E-state index in [1.54, 1.807) is 18.5 Å². The molecule has 0 unspecified atom stereocenters. The minimum atomic E-state index is 0.688. The van der Waals surface area contributed by atoms with Gasteiger partial charge in [0.15, 0.2) is 0 Å². The summed E-state index contributed by atoms with van der Waals surface area (Å²) in [5.41, 5.74) is 6.08. The van der Waals surface area contributed by atoms with Crippen molar-refractivity contribution in [3.63, 3.8) is 0 Å². The summed E-state index contributed by atoms with van der Waals surface area (Å²) < 4.78 is 0. The molecule has 2 heteroatoms. The van der Waals surface area contributed by atoms with Crippen LogP contribution >= 0.6 is 0 Å². The molecule has 0 bridgehead atoms. The first-order valence-electron chi connectivity index (χ1n) is 2.87. The van der Waals surface area contributed by atoms with Crippen molar-refractivity contribution in [3.8, 4) is 0 Å². The van der Waals surface area contributed by atoms with Gasteiger partial charge in [0.05, 0.1) is 0 Å². The van der Waals surface area contributed by atoms with Gasteiger partial charge in [0.25, 0.3) is 0 Å². The van der Waals surface area contributed by atoms with Crippen molar-refractivity contribution in [1.82, 2.24) is 0 Å². The topological polar surface area (TPSA) is 38.4 Å². The second-order valence-electron chi connectivity index (χ2n) is 1.55. The summed E-state index contributed by atoms with van der Waals surface area (Å²) in [7, 11) is 0. The Morgan fingerprint density at radius 3 is 2.56 bits per heavy atom. The van der Waals surface area contributed by atoms with Crippen LogP contribution in [0.15, 0.2) is 29.0 Å². The summed E-state index contributed by atoms with van der Waals surface area (Å²) >= 11 is 0. The minimum absolute atomic E-state index is 0.688. The van der Waals surface area contributed by atoms with Crippen molar-refractivity contribution >= 4 is 6.21 Å². The molecule has 0 aliphatic carbocycles. The first kappa shape index (κ1) is 7.95. The molecule has 0 atom stereocenters. The molecule has 2 nitrogen and oxygen atoms in total. The number of rotatable bonds is 2. The fraction of sp³-hybridized carbons (Fsp3) is 0.286. The smallest absolute Gasteiger partial charge is 0.0494 e. The fourth-order valence-electron chi connectivity index (χ4n) is 0.290. The first-order chi connectivity index (χ1) is 4.31. The summed E-state index contributed by atoms with van der Waals surface area (Å²) in [6.45, 7) is 3.78. The largest absolute Gasteiger partial charge is 0.398 e. The second kappa shape index (κ2) is 5.09. The third-order valence-corrected chi connectivity index (χ3v) is 0.792. The van der Waals surface area contributed by atoms with Crippen LogP contribution in [-0.2, 0) is 0 Å². The van der Waals surface area contributed by atoms with E-state index in [1.807, 2.05) is 19.9 Å². The Labute approximate surface area is 55.8 Å². The second-order valence-corrected chi connectivity index (χ2v) is 1.55. The average Bonchev–Trinajstić information content (AvgIpc) is 1.89. The fourth-order valence-corrected chi connectivity index (χ4v) is 0.290. The van der Waals surface area contributed by atoms with Crippen LogP contribution in [0.25, 0.3) is 0 Å². The van der Waals surface area contributed by atoms with E-state index in [2.05, 4.69) is 4.99 Å². The molecule has 0 spiro atoms. The quantitative estimate of drug-likeness (QED) is 0.556. The normalized spacial score (nSPS) is 13.8. The van der Waals surface area contributed by atoms with Crippen LogP contribution in [0.4, 0.5) is 0 Å². The highest BCUT2D eigenvalue weighted by Gasteiger charge is 1.73. The van der Waals surface area contributed by atoms with Crippen molar-refractivity contribution < 1.29 is 0 Å². The van der Waals surface area contributed by atoms with E-state index >= 15 is 0 Å². The maximum absolute atomic E-state index is 5.39. The molecule has 0 amide bonds. The first-order valence-corrected chi connectivity index (χ1v) is 2.87. The molecule has 0 aromatic carbocycles. The van der Waals surface area contributed by atoms with Gasteiger partial charge in [-0.15, -0.1) is 0 Å². The van der Waals surface area contributed by atoms with Crippen molar-refractivity contribution in [3.05, 3.63) is 24.0 Å². The van der Waals surface area contributed by atoms with Gasteiger partial charge < -0.3 is 5.73 Å². The van der Waals surface area contributed by atoms with Crippen LogP contribution in [0.5, 0.6) is 0 Å². The Kier molecular flexibility index (Phi) is 4.50. The van der Waals surface area contributed by atoms with E-state index in [4.69, 9.17) is 5.73 Å². The number of allylic oxidation sites excluding steroid dienone is 3. The van der Waals surface area contributed by atoms with Gasteiger partial charge in [-0.2, -0.15) is 0 Å². The van der Waals surface area contributed by atoms with Crippen LogP contribution < -0.4 is 5.73 Å². The van der Waals surface area contributed by atoms with Gasteiger partial charge in [-0.1, -0.05) is 12.2 Å². The third kappa shape index (κ3) is 4.81. The molecule has 0 saturated heterocycles. The van der Waals surface area contributed by atoms with E-state index in [0.717, 1.165) is 0 Å². The zero-order valence-electron chi connectivity index (χ0n) is 5.83. The molecule has 0 rings (SSSR count). The Balaban J connectivity index is 3.71. The summed E-state index contributed by atoms with van der Waals surface area (Å²) in [5.74, 6) is 0. The van der Waals surface area contributed by atoms with Crippen molar-refractivity contribution in [1.29, 1.82) is 0 Å². The van der Waals surface area contributed by atoms with Crippen LogP contribution in [0, 0.1) is 0 Å². The maximum atomic E-state index is 5.39. The van der Waals surface area contributed by atoms with Crippen LogP contribution in [-0.4, -0.2) is 6.21 Å². The van der Waals surface area contributed by atoms with Crippen LogP contribution in [0.2, 0.25) is 0 Å². The predicted molar refractivity (Wildman–Crippen MR) is 41.3 cm³/mol. The lowest BCUT2D eigenvalue weighted by atomic mass is 10.5. The highest BCUT2D eigenvalue weighted by molar-refractivity contribution is 5.77. The summed E-state index contributed by atoms with van der Waals surface area (Å²) in [4.78, 5) is 3.86. The summed E-state index contributed by atoms with van der Waals surface area (Å²) in [5, 5.41) is 0. The molecule has 0 fully saturated rings. The predicted octanol–water partition coefficient (Wildman–Crippen LogP) is 1.45. The standard InChI is InChI=1S/C7H12N2/c1-3-5-9-6-7(8)4-2/h3-6H,8H2,1-2H3/b5-3-,7-4-,9-6-. The van der Waals surface area contributed by atoms with Gasteiger partial charge in [0.2, 0.25) is 0 Å². The summed E-state index contributed by atoms with van der Waals surface area (Å²) in [6.07, 6.45) is 6.95. The molecule has 50 valence electrons. The van der Waals surface area contributed by atoms with Gasteiger partial charge in [-0.3, -0.25) is 4.99 Å². The van der Waals surface area contributed by atoms with E-state index in [9.17, 15) is 0 Å². The molecule has 0 aromatic heterocycles. The molecule has 0 saturated carbocycles. The molecular formula is C7H12N2. The lowest BCUT2D eigenvalue weighted by Gasteiger charge is -1.83. The molecule has 0 heterocycles. The molecule has 0 radical (unpaired) electrons. The number of hydrogen-bond donors (Lipinski definition) is 1. The molecule has 0 aliphatic rings. The van der Waals surface area contributed by atoms with Crippen molar-refractivity contribution in [2.24, 2.45) is 10.7 Å². The SMILES string of the molecule is C\C=C/N=C\C(N)=C\C. The monoisotopic (exact) mass is 124 g/mol. The number of nitrogens with zero attached hydrogens (tertiary/aromatic N) is 1. The highest BCUT2D eigenvalue weighted by atomic mass is 14.7. The number of nitrogens with two attached hydrogens (primary N) is 1. The van der Waals surface area contributed by atoms with Gasteiger partial charge in [-0.05, 0) is 13.8 Å². The molecule has 9 heavy (non-hydrogen) atoms. The van der Waals surface area contributed by atoms with Crippen molar-refractivity contribution in [2.75, 3.05) is 0 Å². The van der Waals surface area contributed by atoms with E-state index in [1.165, 1.54) is 0 Å². The molecular weight excluding hydrogens is 112 g/mol. The lowest BCUT2D eigenvalue weighted by Crippen LogP contribution is -1.95. The van der Waals surface area contributed by atoms with Gasteiger partial charge in [-0.25, -0.2) is 0 Å². The van der Waals surface area contributed by atoms with Gasteiger partial charge in [0, 0.05) is 18.1 Å². The van der Waals surface area contributed by atoms with Crippen LogP contribution in [0.3, 0.4) is 0 Å². The Hall–Kier alpha value is -1.05. The van der Waals surface area contributed by atoms with Gasteiger partial charge >= 0.3 is 0 Å². The highest BCUT2D eigenvalue weighted by Crippen LogP contribution is 1.77. The van der Waals surface area contributed by atoms with E-state index in [-0.39, 0.29) is 0 Å². The van der Waals surface area contributed by atoms with Gasteiger partial charge in [0.1, 0.15) is 0 Å². The summed E-state index contributed by atoms with van der Waals surface area (Å²) in [6, 6.07) is 0. The Morgan fingerprint density at radius 1 is 1.44 bits per heavy atom. The molecule has 0 aliphatic heterocycles. The minimum Gasteiger partial charge on any atom is -0.398 e. The molecule has 0 aromatic rings. The Morgan fingerprint density at radius 2 is 2.11 bits per heavy atom. The number of hydrogen-bond acceptors (Lipinski definition) is 2. The average molecular weight is 124 g/mol. The third-order valence-electron chi connectivity index (χ3n) is 0.792. The van der Waals surface area contributed by atoms with Crippen LogP contribution in [0.1, 0.15) is 13.8 Å². The molecule has 2 N–H and O–H groups in total. The zero-order chi connectivity index (χ0) is 7.11. The maximum Gasteiger partial charge on any atom is 0.0494 e. The number of aliphatic imine (C=N–C) groups is 1.